The lowest BCUT2D eigenvalue weighted by molar-refractivity contribution is -0.163. The van der Waals surface area contributed by atoms with Crippen molar-refractivity contribution in [2.24, 2.45) is 10.9 Å². The number of nitrogens with two attached hydrogens (primary N) is 2. The molecule has 1 aromatic rings. The van der Waals surface area contributed by atoms with E-state index in [-0.39, 0.29) is 6.42 Å². The van der Waals surface area contributed by atoms with Gasteiger partial charge in [-0.3, -0.25) is 4.79 Å². The highest BCUT2D eigenvalue weighted by Gasteiger charge is 2.37. The highest BCUT2D eigenvalue weighted by molar-refractivity contribution is 7.13. The number of rotatable bonds is 6. The Morgan fingerprint density at radius 3 is 2.83 bits per heavy atom. The second-order valence-corrected chi connectivity index (χ2v) is 4.51. The summed E-state index contributed by atoms with van der Waals surface area (Å²) in [4.78, 5) is 30.3. The molecule has 98 valence electrons. The number of carboxylic acid groups (broad SMARTS) is 1. The maximum absolute atomic E-state index is 11.1. The number of hydrogen-bond acceptors (Lipinski definition) is 7. The molecule has 0 saturated heterocycles. The predicted octanol–water partition coefficient (Wildman–Crippen LogP) is -0.401. The summed E-state index contributed by atoms with van der Waals surface area (Å²) in [5.74, 6) is -2.07. The van der Waals surface area contributed by atoms with Crippen LogP contribution in [0.15, 0.2) is 10.5 Å². The summed E-state index contributed by atoms with van der Waals surface area (Å²) in [6, 6.07) is 0. The summed E-state index contributed by atoms with van der Waals surface area (Å²) in [5.41, 5.74) is 9.08. The molecular weight excluding hydrogens is 260 g/mol. The summed E-state index contributed by atoms with van der Waals surface area (Å²) in [6.45, 7) is 1.31. The van der Waals surface area contributed by atoms with Crippen LogP contribution in [-0.2, 0) is 20.8 Å². The third kappa shape index (κ3) is 3.70. The van der Waals surface area contributed by atoms with Crippen molar-refractivity contribution in [1.29, 1.82) is 0 Å². The van der Waals surface area contributed by atoms with Crippen LogP contribution in [0.2, 0.25) is 0 Å². The SMILES string of the molecule is CC(Cc1csc(N)n1)(O/N=C\C(N)=O)C(=O)O. The second-order valence-electron chi connectivity index (χ2n) is 3.62. The Labute approximate surface area is 106 Å². The lowest BCUT2D eigenvalue weighted by atomic mass is 10.0. The first kappa shape index (κ1) is 13.9. The Hall–Kier alpha value is -2.16. The topological polar surface area (TPSA) is 141 Å². The van der Waals surface area contributed by atoms with E-state index in [0.717, 1.165) is 0 Å². The fourth-order valence-corrected chi connectivity index (χ4v) is 1.65. The van der Waals surface area contributed by atoms with Gasteiger partial charge in [-0.1, -0.05) is 5.16 Å². The van der Waals surface area contributed by atoms with Gasteiger partial charge < -0.3 is 21.4 Å². The van der Waals surface area contributed by atoms with E-state index >= 15 is 0 Å². The van der Waals surface area contributed by atoms with Crippen molar-refractivity contribution in [3.63, 3.8) is 0 Å². The van der Waals surface area contributed by atoms with Crippen molar-refractivity contribution in [3.8, 4) is 0 Å². The number of thiazole rings is 1. The van der Waals surface area contributed by atoms with Gasteiger partial charge in [-0.25, -0.2) is 9.78 Å². The molecule has 1 heterocycles. The second kappa shape index (κ2) is 5.45. The molecule has 0 aliphatic rings. The minimum absolute atomic E-state index is 0.0356. The van der Waals surface area contributed by atoms with Gasteiger partial charge >= 0.3 is 5.97 Å². The number of carbonyl (C=O) groups is 2. The van der Waals surface area contributed by atoms with Gasteiger partial charge in [0.25, 0.3) is 5.91 Å². The largest absolute Gasteiger partial charge is 0.478 e. The van der Waals surface area contributed by atoms with Gasteiger partial charge in [0.15, 0.2) is 5.13 Å². The number of carbonyl (C=O) groups excluding carboxylic acids is 1. The highest BCUT2D eigenvalue weighted by Crippen LogP contribution is 2.21. The Balaban J connectivity index is 2.80. The predicted molar refractivity (Wildman–Crippen MR) is 65.0 cm³/mol. The molecule has 9 heteroatoms. The van der Waals surface area contributed by atoms with E-state index in [1.165, 1.54) is 18.3 Å². The third-order valence-corrected chi connectivity index (χ3v) is 2.70. The molecule has 8 nitrogen and oxygen atoms in total. The number of nitrogen functional groups attached to an aromatic ring is 1. The molecule has 18 heavy (non-hydrogen) atoms. The fraction of sp³-hybridized carbons (Fsp3) is 0.333. The van der Waals surface area contributed by atoms with Gasteiger partial charge in [-0.2, -0.15) is 0 Å². The number of aromatic nitrogens is 1. The Bertz CT molecular complexity index is 487. The summed E-state index contributed by atoms with van der Waals surface area (Å²) in [5, 5.41) is 14.3. The van der Waals surface area contributed by atoms with Crippen LogP contribution in [0.5, 0.6) is 0 Å². The Morgan fingerprint density at radius 1 is 1.72 bits per heavy atom. The first-order valence-corrected chi connectivity index (χ1v) is 5.66. The smallest absolute Gasteiger partial charge is 0.351 e. The van der Waals surface area contributed by atoms with Crippen LogP contribution in [0.25, 0.3) is 0 Å². The quantitative estimate of drug-likeness (QED) is 0.475. The van der Waals surface area contributed by atoms with Crippen molar-refractivity contribution in [1.82, 2.24) is 4.98 Å². The molecule has 0 aliphatic heterocycles. The average Bonchev–Trinajstić information content (AvgIpc) is 2.62. The number of amides is 1. The number of oxime groups is 1. The van der Waals surface area contributed by atoms with E-state index in [0.29, 0.717) is 17.0 Å². The van der Waals surface area contributed by atoms with Gasteiger partial charge in [-0.15, -0.1) is 11.3 Å². The van der Waals surface area contributed by atoms with Crippen molar-refractivity contribution in [2.45, 2.75) is 18.9 Å². The van der Waals surface area contributed by atoms with Crippen molar-refractivity contribution < 1.29 is 19.5 Å². The molecule has 1 rings (SSSR count). The van der Waals surface area contributed by atoms with Gasteiger partial charge in [0.1, 0.15) is 6.21 Å². The standard InChI is InChI=1S/C9H12N4O4S/c1-9(7(15)16,17-12-3-6(10)14)2-5-4-18-8(11)13-5/h3-4H,2H2,1H3,(H2,10,14)(H2,11,13)(H,15,16)/b12-3-. The van der Waals surface area contributed by atoms with Crippen LogP contribution in [0.3, 0.4) is 0 Å². The molecule has 0 spiro atoms. The summed E-state index contributed by atoms with van der Waals surface area (Å²) >= 11 is 1.19. The normalized spacial score (nSPS) is 14.3. The van der Waals surface area contributed by atoms with E-state index in [9.17, 15) is 9.59 Å². The molecule has 0 saturated carbocycles. The van der Waals surface area contributed by atoms with Gasteiger partial charge in [0, 0.05) is 11.8 Å². The van der Waals surface area contributed by atoms with Crippen molar-refractivity contribution in [3.05, 3.63) is 11.1 Å². The average molecular weight is 272 g/mol. The molecule has 0 fully saturated rings. The molecule has 0 aromatic carbocycles. The number of nitrogens with zero attached hydrogens (tertiary/aromatic N) is 2. The Kier molecular flexibility index (Phi) is 4.21. The minimum atomic E-state index is -1.65. The maximum Gasteiger partial charge on any atom is 0.351 e. The molecule has 1 aromatic heterocycles. The summed E-state index contributed by atoms with van der Waals surface area (Å²) in [6.07, 6.45) is 0.655. The summed E-state index contributed by atoms with van der Waals surface area (Å²) in [7, 11) is 0. The van der Waals surface area contributed by atoms with Gasteiger partial charge in [0.05, 0.1) is 5.69 Å². The third-order valence-electron chi connectivity index (χ3n) is 1.97. The monoisotopic (exact) mass is 272 g/mol. The molecule has 1 atom stereocenters. The number of primary amides is 1. The zero-order valence-corrected chi connectivity index (χ0v) is 10.3. The van der Waals surface area contributed by atoms with Crippen LogP contribution >= 0.6 is 11.3 Å². The van der Waals surface area contributed by atoms with Crippen LogP contribution in [0.4, 0.5) is 5.13 Å². The molecule has 1 unspecified atom stereocenters. The fourth-order valence-electron chi connectivity index (χ4n) is 1.09. The molecule has 0 bridgehead atoms. The molecule has 1 amide bonds. The van der Waals surface area contributed by atoms with Crippen LogP contribution in [0, 0.1) is 0 Å². The van der Waals surface area contributed by atoms with Gasteiger partial charge in [0.2, 0.25) is 5.60 Å². The number of aliphatic carboxylic acids is 1. The molecule has 5 N–H and O–H groups in total. The molecule has 0 radical (unpaired) electrons. The number of anilines is 1. The van der Waals surface area contributed by atoms with E-state index in [4.69, 9.17) is 21.4 Å². The zero-order chi connectivity index (χ0) is 13.8. The number of carboxylic acids is 1. The van der Waals surface area contributed by atoms with E-state index in [2.05, 4.69) is 10.1 Å². The van der Waals surface area contributed by atoms with Crippen LogP contribution < -0.4 is 11.5 Å². The minimum Gasteiger partial charge on any atom is -0.478 e. The summed E-state index contributed by atoms with van der Waals surface area (Å²) < 4.78 is 0. The molecule has 0 aliphatic carbocycles. The zero-order valence-electron chi connectivity index (χ0n) is 9.49. The maximum atomic E-state index is 11.1. The molecular formula is C9H12N4O4S. The van der Waals surface area contributed by atoms with Crippen molar-refractivity contribution in [2.75, 3.05) is 5.73 Å². The van der Waals surface area contributed by atoms with Crippen LogP contribution in [-0.4, -0.2) is 33.8 Å². The lowest BCUT2D eigenvalue weighted by Crippen LogP contribution is -2.39. The van der Waals surface area contributed by atoms with Crippen molar-refractivity contribution >= 4 is 34.6 Å². The van der Waals surface area contributed by atoms with Crippen LogP contribution in [0.1, 0.15) is 12.6 Å². The van der Waals surface area contributed by atoms with E-state index < -0.39 is 17.5 Å². The van der Waals surface area contributed by atoms with E-state index in [1.807, 2.05) is 0 Å². The lowest BCUT2D eigenvalue weighted by Gasteiger charge is -2.20. The number of hydrogen-bond donors (Lipinski definition) is 3. The van der Waals surface area contributed by atoms with Gasteiger partial charge in [-0.05, 0) is 6.92 Å². The first-order valence-electron chi connectivity index (χ1n) is 4.78. The van der Waals surface area contributed by atoms with E-state index in [1.54, 1.807) is 5.38 Å². The Morgan fingerprint density at radius 2 is 2.39 bits per heavy atom. The highest BCUT2D eigenvalue weighted by atomic mass is 32.1. The first-order chi connectivity index (χ1) is 8.33.